The minimum atomic E-state index is -0.535. The molecule has 4 heteroatoms. The van der Waals surface area contributed by atoms with Crippen LogP contribution >= 0.6 is 12.2 Å². The van der Waals surface area contributed by atoms with Gasteiger partial charge in [0.1, 0.15) is 6.10 Å². The van der Waals surface area contributed by atoms with Gasteiger partial charge in [-0.15, -0.1) is 0 Å². The highest BCUT2D eigenvalue weighted by Crippen LogP contribution is 2.35. The number of nitrogens with zero attached hydrogens (tertiary/aromatic N) is 1. The summed E-state index contributed by atoms with van der Waals surface area (Å²) in [5, 5.41) is 2.24. The summed E-state index contributed by atoms with van der Waals surface area (Å²) in [6.07, 6.45) is 3.36. The van der Waals surface area contributed by atoms with E-state index in [9.17, 15) is 4.79 Å². The molecule has 0 aromatic heterocycles. The molecule has 1 fully saturated rings. The van der Waals surface area contributed by atoms with Gasteiger partial charge in [0.2, 0.25) is 0 Å². The fourth-order valence-electron chi connectivity index (χ4n) is 2.63. The Labute approximate surface area is 115 Å². The second-order valence-electron chi connectivity index (χ2n) is 5.70. The van der Waals surface area contributed by atoms with Gasteiger partial charge in [-0.1, -0.05) is 27.2 Å². The predicted octanol–water partition coefficient (Wildman–Crippen LogP) is 3.48. The van der Waals surface area contributed by atoms with Gasteiger partial charge in [0.25, 0.3) is 0 Å². The number of ether oxygens (including phenoxy) is 1. The van der Waals surface area contributed by atoms with Gasteiger partial charge in [-0.3, -0.25) is 0 Å². The fraction of sp³-hybridized carbons (Fsp3) is 0.857. The number of aliphatic imine (C=N–C) groups is 1. The van der Waals surface area contributed by atoms with E-state index in [0.29, 0.717) is 17.8 Å². The molecule has 0 aliphatic heterocycles. The zero-order chi connectivity index (χ0) is 13.7. The minimum absolute atomic E-state index is 0.0315. The molecule has 0 unspecified atom stereocenters. The topological polar surface area (TPSA) is 38.7 Å². The van der Waals surface area contributed by atoms with Crippen molar-refractivity contribution >= 4 is 23.3 Å². The average molecular weight is 269 g/mol. The molecule has 0 N–H and O–H groups in total. The van der Waals surface area contributed by atoms with E-state index in [-0.39, 0.29) is 12.1 Å². The lowest BCUT2D eigenvalue weighted by Gasteiger charge is -2.36. The second kappa shape index (κ2) is 7.01. The summed E-state index contributed by atoms with van der Waals surface area (Å²) < 4.78 is 5.63. The molecule has 0 saturated heterocycles. The van der Waals surface area contributed by atoms with Gasteiger partial charge >= 0.3 is 5.97 Å². The maximum absolute atomic E-state index is 11.9. The number of hydrogen-bond donors (Lipinski definition) is 0. The van der Waals surface area contributed by atoms with Crippen molar-refractivity contribution in [2.24, 2.45) is 22.7 Å². The molecule has 1 saturated carbocycles. The van der Waals surface area contributed by atoms with Crippen LogP contribution in [0.1, 0.15) is 47.0 Å². The smallest absolute Gasteiger partial charge is 0.331 e. The minimum Gasteiger partial charge on any atom is -0.460 e. The molecule has 1 rings (SSSR count). The normalized spacial score (nSPS) is 29.5. The van der Waals surface area contributed by atoms with Crippen molar-refractivity contribution in [3.8, 4) is 0 Å². The molecule has 0 amide bonds. The highest BCUT2D eigenvalue weighted by atomic mass is 32.1. The van der Waals surface area contributed by atoms with Crippen LogP contribution in [0.3, 0.4) is 0 Å². The Balaban J connectivity index is 2.66. The Kier molecular flexibility index (Phi) is 5.97. The van der Waals surface area contributed by atoms with E-state index in [4.69, 9.17) is 4.74 Å². The SMILES string of the molecule is CC(C)[C@H]1CC[C@H](C)C[C@@H]1OC(=O)[C@H](C)N=C=S. The highest BCUT2D eigenvalue weighted by Gasteiger charge is 2.34. The number of carbonyl (C=O) groups is 1. The molecule has 1 aliphatic rings. The van der Waals surface area contributed by atoms with Crippen LogP contribution in [0.4, 0.5) is 0 Å². The lowest BCUT2D eigenvalue weighted by atomic mass is 9.75. The molecule has 0 spiro atoms. The molecule has 1 aliphatic carbocycles. The van der Waals surface area contributed by atoms with Crippen LogP contribution in [0.5, 0.6) is 0 Å². The molecule has 0 radical (unpaired) electrons. The first-order valence-electron chi connectivity index (χ1n) is 6.73. The van der Waals surface area contributed by atoms with E-state index < -0.39 is 6.04 Å². The van der Waals surface area contributed by atoms with Crippen LogP contribution < -0.4 is 0 Å². The van der Waals surface area contributed by atoms with E-state index in [1.165, 1.54) is 6.42 Å². The largest absolute Gasteiger partial charge is 0.460 e. The quantitative estimate of drug-likeness (QED) is 0.445. The van der Waals surface area contributed by atoms with Crippen LogP contribution in [0.25, 0.3) is 0 Å². The molecule has 18 heavy (non-hydrogen) atoms. The van der Waals surface area contributed by atoms with Gasteiger partial charge in [-0.2, -0.15) is 0 Å². The molecule has 0 bridgehead atoms. The first-order valence-corrected chi connectivity index (χ1v) is 7.14. The van der Waals surface area contributed by atoms with E-state index in [1.54, 1.807) is 6.92 Å². The molecule has 0 aromatic rings. The molecule has 4 atom stereocenters. The van der Waals surface area contributed by atoms with Crippen molar-refractivity contribution < 1.29 is 9.53 Å². The van der Waals surface area contributed by atoms with Crippen molar-refractivity contribution in [2.45, 2.75) is 59.1 Å². The van der Waals surface area contributed by atoms with Crippen molar-refractivity contribution in [1.82, 2.24) is 0 Å². The first-order chi connectivity index (χ1) is 8.45. The van der Waals surface area contributed by atoms with Gasteiger partial charge in [-0.25, -0.2) is 9.79 Å². The summed E-state index contributed by atoms with van der Waals surface area (Å²) in [6, 6.07) is -0.535. The fourth-order valence-corrected chi connectivity index (χ4v) is 2.79. The number of isothiocyanates is 1. The van der Waals surface area contributed by atoms with Crippen LogP contribution in [-0.4, -0.2) is 23.3 Å². The van der Waals surface area contributed by atoms with Crippen LogP contribution in [0, 0.1) is 17.8 Å². The Morgan fingerprint density at radius 3 is 2.61 bits per heavy atom. The Bertz CT molecular complexity index is 337. The van der Waals surface area contributed by atoms with Crippen molar-refractivity contribution in [1.29, 1.82) is 0 Å². The predicted molar refractivity (Wildman–Crippen MR) is 75.7 cm³/mol. The zero-order valence-electron chi connectivity index (χ0n) is 11.7. The number of thiocarbonyl (C=S) groups is 1. The van der Waals surface area contributed by atoms with Crippen LogP contribution in [0.2, 0.25) is 0 Å². The third-order valence-electron chi connectivity index (χ3n) is 3.82. The molecule has 3 nitrogen and oxygen atoms in total. The van der Waals surface area contributed by atoms with Crippen molar-refractivity contribution in [2.75, 3.05) is 0 Å². The molecular weight excluding hydrogens is 246 g/mol. The molecule has 0 aromatic carbocycles. The van der Waals surface area contributed by atoms with Crippen LogP contribution in [0.15, 0.2) is 4.99 Å². The third kappa shape index (κ3) is 4.18. The van der Waals surface area contributed by atoms with Gasteiger partial charge in [0.15, 0.2) is 6.04 Å². The lowest BCUT2D eigenvalue weighted by Crippen LogP contribution is -2.37. The maximum Gasteiger partial charge on any atom is 0.331 e. The average Bonchev–Trinajstić information content (AvgIpc) is 2.28. The van der Waals surface area contributed by atoms with Crippen LogP contribution in [-0.2, 0) is 9.53 Å². The maximum atomic E-state index is 11.9. The third-order valence-corrected chi connectivity index (χ3v) is 3.92. The number of carbonyl (C=O) groups excluding carboxylic acids is 1. The Hall–Kier alpha value is -0.730. The van der Waals surface area contributed by atoms with Gasteiger partial charge in [0.05, 0.1) is 5.16 Å². The monoisotopic (exact) mass is 269 g/mol. The molecule has 0 heterocycles. The zero-order valence-corrected chi connectivity index (χ0v) is 12.5. The van der Waals surface area contributed by atoms with Gasteiger partial charge < -0.3 is 4.74 Å². The number of esters is 1. The molecule has 102 valence electrons. The van der Waals surface area contributed by atoms with Crippen molar-refractivity contribution in [3.63, 3.8) is 0 Å². The summed E-state index contributed by atoms with van der Waals surface area (Å²) in [5.41, 5.74) is 0. The lowest BCUT2D eigenvalue weighted by molar-refractivity contribution is -0.156. The summed E-state index contributed by atoms with van der Waals surface area (Å²) >= 11 is 4.51. The molecular formula is C14H23NO2S. The second-order valence-corrected chi connectivity index (χ2v) is 5.88. The van der Waals surface area contributed by atoms with E-state index in [2.05, 4.69) is 43.1 Å². The van der Waals surface area contributed by atoms with E-state index >= 15 is 0 Å². The summed E-state index contributed by atoms with van der Waals surface area (Å²) in [7, 11) is 0. The summed E-state index contributed by atoms with van der Waals surface area (Å²) in [4.78, 5) is 15.6. The van der Waals surface area contributed by atoms with E-state index in [1.807, 2.05) is 0 Å². The van der Waals surface area contributed by atoms with Gasteiger partial charge in [0, 0.05) is 0 Å². The standard InChI is InChI=1S/C14H23NO2S/c1-9(2)12-6-5-10(3)7-13(12)17-14(16)11(4)15-8-18/h9-13H,5-7H2,1-4H3/t10-,11-,12+,13-/m0/s1. The Morgan fingerprint density at radius 1 is 1.39 bits per heavy atom. The number of rotatable bonds is 4. The summed E-state index contributed by atoms with van der Waals surface area (Å²) in [6.45, 7) is 8.30. The van der Waals surface area contributed by atoms with Gasteiger partial charge in [-0.05, 0) is 49.7 Å². The summed E-state index contributed by atoms with van der Waals surface area (Å²) in [5.74, 6) is 1.35. The highest BCUT2D eigenvalue weighted by molar-refractivity contribution is 7.78. The first kappa shape index (κ1) is 15.3. The van der Waals surface area contributed by atoms with E-state index in [0.717, 1.165) is 12.8 Å². The Morgan fingerprint density at radius 2 is 2.06 bits per heavy atom. The number of hydrogen-bond acceptors (Lipinski definition) is 4. The van der Waals surface area contributed by atoms with Crippen molar-refractivity contribution in [3.05, 3.63) is 0 Å².